The van der Waals surface area contributed by atoms with Crippen LogP contribution in [0.15, 0.2) is 12.1 Å². The molecule has 1 heterocycles. The first-order chi connectivity index (χ1) is 6.86. The minimum Gasteiger partial charge on any atom is -0.358 e. The van der Waals surface area contributed by atoms with Crippen LogP contribution in [0.3, 0.4) is 0 Å². The molecule has 0 spiro atoms. The molecule has 0 unspecified atom stereocenters. The Balaban J connectivity index is 3.35. The number of aromatic nitrogens is 1. The first kappa shape index (κ1) is 11.1. The summed E-state index contributed by atoms with van der Waals surface area (Å²) >= 11 is 0. The molecule has 0 N–H and O–H groups in total. The second kappa shape index (κ2) is 3.64. The number of nitrogens with zero attached hydrogens (tertiary/aromatic N) is 2. The molecule has 8 heteroatoms. The maximum atomic E-state index is 12.1. The molecule has 0 amide bonds. The van der Waals surface area contributed by atoms with Crippen LogP contribution in [0, 0.1) is 10.1 Å². The number of nitro groups is 1. The van der Waals surface area contributed by atoms with E-state index in [0.717, 1.165) is 0 Å². The lowest BCUT2D eigenvalue weighted by Gasteiger charge is -2.01. The molecule has 0 radical (unpaired) electrons. The fraction of sp³-hybridized carbons (Fsp3) is 0.143. The summed E-state index contributed by atoms with van der Waals surface area (Å²) in [6.07, 6.45) is -4.70. The molecule has 80 valence electrons. The van der Waals surface area contributed by atoms with Crippen LogP contribution < -0.4 is 0 Å². The Morgan fingerprint density at radius 3 is 2.40 bits per heavy atom. The second-order valence-corrected chi connectivity index (χ2v) is 2.48. The van der Waals surface area contributed by atoms with E-state index in [0.29, 0.717) is 12.1 Å². The van der Waals surface area contributed by atoms with Crippen LogP contribution in [-0.2, 0) is 6.18 Å². The number of carbonyl (C=O) groups is 1. The van der Waals surface area contributed by atoms with E-state index in [2.05, 4.69) is 4.98 Å². The van der Waals surface area contributed by atoms with Crippen molar-refractivity contribution in [3.63, 3.8) is 0 Å². The molecule has 0 saturated carbocycles. The summed E-state index contributed by atoms with van der Waals surface area (Å²) in [5, 5.41) is 10.3. The average Bonchev–Trinajstić information content (AvgIpc) is 2.15. The van der Waals surface area contributed by atoms with Crippen LogP contribution in [0.2, 0.25) is 0 Å². The number of hydrogen-bond acceptors (Lipinski definition) is 4. The number of hydrogen-bond donors (Lipinski definition) is 0. The van der Waals surface area contributed by atoms with E-state index in [1.54, 1.807) is 0 Å². The lowest BCUT2D eigenvalue weighted by molar-refractivity contribution is -0.390. The molecular formula is C7H3F3N2O3. The van der Waals surface area contributed by atoms with Gasteiger partial charge in [-0.15, -0.1) is 0 Å². The van der Waals surface area contributed by atoms with Crippen molar-refractivity contribution in [2.45, 2.75) is 6.18 Å². The molecule has 0 atom stereocenters. The van der Waals surface area contributed by atoms with E-state index < -0.39 is 28.2 Å². The standard InChI is InChI=1S/C7H3F3N2O3/c8-7(9,10)5-2-1-4(3-13)6(11-5)12(14)15/h1-3H. The summed E-state index contributed by atoms with van der Waals surface area (Å²) in [5.41, 5.74) is -1.90. The van der Waals surface area contributed by atoms with Crippen molar-refractivity contribution >= 4 is 12.1 Å². The van der Waals surface area contributed by atoms with Crippen LogP contribution in [0.5, 0.6) is 0 Å². The molecule has 0 aliphatic carbocycles. The second-order valence-electron chi connectivity index (χ2n) is 2.48. The molecule has 1 aromatic heterocycles. The van der Waals surface area contributed by atoms with Gasteiger partial charge in [-0.05, 0) is 22.0 Å². The lowest BCUT2D eigenvalue weighted by Crippen LogP contribution is -2.10. The van der Waals surface area contributed by atoms with Crippen molar-refractivity contribution in [1.29, 1.82) is 0 Å². The molecule has 0 aliphatic heterocycles. The summed E-state index contributed by atoms with van der Waals surface area (Å²) in [5.74, 6) is -1.10. The van der Waals surface area contributed by atoms with E-state index in [1.807, 2.05) is 0 Å². The van der Waals surface area contributed by atoms with Crippen molar-refractivity contribution in [3.8, 4) is 0 Å². The minimum atomic E-state index is -4.77. The molecule has 0 aromatic carbocycles. The maximum Gasteiger partial charge on any atom is 0.457 e. The highest BCUT2D eigenvalue weighted by Crippen LogP contribution is 2.29. The van der Waals surface area contributed by atoms with Crippen molar-refractivity contribution in [1.82, 2.24) is 4.98 Å². The Hall–Kier alpha value is -1.99. The van der Waals surface area contributed by atoms with Crippen molar-refractivity contribution < 1.29 is 22.9 Å². The maximum absolute atomic E-state index is 12.1. The normalized spacial score (nSPS) is 11.1. The van der Waals surface area contributed by atoms with Crippen LogP contribution in [0.4, 0.5) is 19.0 Å². The zero-order valence-corrected chi connectivity index (χ0v) is 6.99. The number of carbonyl (C=O) groups excluding carboxylic acids is 1. The van der Waals surface area contributed by atoms with Crippen LogP contribution >= 0.6 is 0 Å². The average molecular weight is 220 g/mol. The first-order valence-corrected chi connectivity index (χ1v) is 3.54. The molecular weight excluding hydrogens is 217 g/mol. The quantitative estimate of drug-likeness (QED) is 0.433. The Morgan fingerprint density at radius 2 is 2.00 bits per heavy atom. The van der Waals surface area contributed by atoms with Crippen LogP contribution in [-0.4, -0.2) is 16.2 Å². The highest BCUT2D eigenvalue weighted by Gasteiger charge is 2.38. The summed E-state index contributed by atoms with van der Waals surface area (Å²) in [7, 11) is 0. The van der Waals surface area contributed by atoms with Gasteiger partial charge in [0.25, 0.3) is 5.69 Å². The molecule has 0 aliphatic rings. The predicted octanol–water partition coefficient (Wildman–Crippen LogP) is 1.82. The highest BCUT2D eigenvalue weighted by atomic mass is 19.4. The molecule has 0 bridgehead atoms. The number of rotatable bonds is 2. The third-order valence-electron chi connectivity index (χ3n) is 1.50. The largest absolute Gasteiger partial charge is 0.457 e. The molecule has 0 fully saturated rings. The van der Waals surface area contributed by atoms with E-state index in [4.69, 9.17) is 0 Å². The van der Waals surface area contributed by atoms with Gasteiger partial charge in [-0.3, -0.25) is 4.79 Å². The number of halogens is 3. The zero-order valence-electron chi connectivity index (χ0n) is 6.99. The third kappa shape index (κ3) is 2.27. The van der Waals surface area contributed by atoms with Gasteiger partial charge in [-0.2, -0.15) is 13.2 Å². The molecule has 1 rings (SSSR count). The lowest BCUT2D eigenvalue weighted by atomic mass is 10.2. The molecule has 5 nitrogen and oxygen atoms in total. The summed E-state index contributed by atoms with van der Waals surface area (Å²) < 4.78 is 36.3. The van der Waals surface area contributed by atoms with E-state index >= 15 is 0 Å². The topological polar surface area (TPSA) is 73.1 Å². The van der Waals surface area contributed by atoms with Gasteiger partial charge in [-0.1, -0.05) is 0 Å². The van der Waals surface area contributed by atoms with Gasteiger partial charge in [0.1, 0.15) is 5.56 Å². The Morgan fingerprint density at radius 1 is 1.40 bits per heavy atom. The van der Waals surface area contributed by atoms with Crippen molar-refractivity contribution in [3.05, 3.63) is 33.5 Å². The van der Waals surface area contributed by atoms with Gasteiger partial charge in [0.15, 0.2) is 6.29 Å². The van der Waals surface area contributed by atoms with Gasteiger partial charge in [0.2, 0.25) is 0 Å². The van der Waals surface area contributed by atoms with E-state index in [9.17, 15) is 28.1 Å². The van der Waals surface area contributed by atoms with Crippen LogP contribution in [0.25, 0.3) is 0 Å². The van der Waals surface area contributed by atoms with Gasteiger partial charge in [-0.25, -0.2) is 0 Å². The third-order valence-corrected chi connectivity index (χ3v) is 1.50. The fourth-order valence-corrected chi connectivity index (χ4v) is 0.855. The summed E-state index contributed by atoms with van der Waals surface area (Å²) in [6, 6.07) is 1.22. The highest BCUT2D eigenvalue weighted by molar-refractivity contribution is 5.79. The monoisotopic (exact) mass is 220 g/mol. The molecule has 1 aromatic rings. The predicted molar refractivity (Wildman–Crippen MR) is 41.3 cm³/mol. The molecule has 0 saturated heterocycles. The first-order valence-electron chi connectivity index (χ1n) is 3.54. The van der Waals surface area contributed by atoms with Gasteiger partial charge in [0, 0.05) is 0 Å². The summed E-state index contributed by atoms with van der Waals surface area (Å²) in [4.78, 5) is 22.2. The number of alkyl halides is 3. The van der Waals surface area contributed by atoms with Crippen molar-refractivity contribution in [2.75, 3.05) is 0 Å². The van der Waals surface area contributed by atoms with Crippen molar-refractivity contribution in [2.24, 2.45) is 0 Å². The number of aldehydes is 1. The Labute approximate surface area is 80.7 Å². The zero-order chi connectivity index (χ0) is 11.6. The fourth-order valence-electron chi connectivity index (χ4n) is 0.855. The molecule has 15 heavy (non-hydrogen) atoms. The SMILES string of the molecule is O=Cc1ccc(C(F)(F)F)nc1[N+](=O)[O-]. The van der Waals surface area contributed by atoms with Crippen LogP contribution in [0.1, 0.15) is 16.1 Å². The Kier molecular flexibility index (Phi) is 2.69. The number of pyridine rings is 1. The van der Waals surface area contributed by atoms with Gasteiger partial charge >= 0.3 is 12.0 Å². The smallest absolute Gasteiger partial charge is 0.358 e. The minimum absolute atomic E-state index is 0.0747. The van der Waals surface area contributed by atoms with Gasteiger partial charge in [0.05, 0.1) is 0 Å². The Bertz CT molecular complexity index is 416. The summed E-state index contributed by atoms with van der Waals surface area (Å²) in [6.45, 7) is 0. The van der Waals surface area contributed by atoms with E-state index in [-0.39, 0.29) is 6.29 Å². The van der Waals surface area contributed by atoms with E-state index in [1.165, 1.54) is 0 Å². The van der Waals surface area contributed by atoms with Gasteiger partial charge < -0.3 is 10.1 Å².